The number of methoxy groups -OCH3 is 1. The molecule has 0 bridgehead atoms. The highest BCUT2D eigenvalue weighted by Crippen LogP contribution is 2.16. The lowest BCUT2D eigenvalue weighted by Crippen LogP contribution is -1.75. The molecule has 2 aromatic carbocycles. The van der Waals surface area contributed by atoms with Crippen molar-refractivity contribution in [1.82, 2.24) is 0 Å². The van der Waals surface area contributed by atoms with Crippen molar-refractivity contribution in [3.8, 4) is 0 Å². The van der Waals surface area contributed by atoms with Crippen molar-refractivity contribution < 1.29 is 4.74 Å². The number of rotatable bonds is 0. The summed E-state index contributed by atoms with van der Waals surface area (Å²) in [6.45, 7) is 2.14. The van der Waals surface area contributed by atoms with Crippen LogP contribution in [-0.4, -0.2) is 14.2 Å². The van der Waals surface area contributed by atoms with E-state index >= 15 is 0 Å². The van der Waals surface area contributed by atoms with Gasteiger partial charge < -0.3 is 4.74 Å². The van der Waals surface area contributed by atoms with Gasteiger partial charge in [-0.25, -0.2) is 0 Å². The second-order valence-corrected chi connectivity index (χ2v) is 3.20. The summed E-state index contributed by atoms with van der Waals surface area (Å²) in [6.07, 6.45) is 0. The molecular formula is C13H16O. The van der Waals surface area contributed by atoms with Crippen LogP contribution in [0.15, 0.2) is 42.5 Å². The second-order valence-electron chi connectivity index (χ2n) is 3.20. The quantitative estimate of drug-likeness (QED) is 0.615. The van der Waals surface area contributed by atoms with Gasteiger partial charge in [-0.3, -0.25) is 0 Å². The average molecular weight is 188 g/mol. The number of hydrogen-bond donors (Lipinski definition) is 0. The Bertz CT molecular complexity index is 388. The first-order valence-corrected chi connectivity index (χ1v) is 4.64. The van der Waals surface area contributed by atoms with Crippen LogP contribution < -0.4 is 0 Å². The maximum atomic E-state index is 4.25. The summed E-state index contributed by atoms with van der Waals surface area (Å²) in [5.41, 5.74) is 1.35. The van der Waals surface area contributed by atoms with Crippen LogP contribution in [0.4, 0.5) is 0 Å². The van der Waals surface area contributed by atoms with E-state index in [2.05, 4.69) is 54.1 Å². The molecule has 0 aliphatic heterocycles. The summed E-state index contributed by atoms with van der Waals surface area (Å²) >= 11 is 0. The van der Waals surface area contributed by atoms with E-state index in [1.807, 2.05) is 0 Å². The smallest absolute Gasteiger partial charge is 0.0351 e. The summed E-state index contributed by atoms with van der Waals surface area (Å²) in [5.74, 6) is 0. The highest BCUT2D eigenvalue weighted by Gasteiger charge is 1.91. The Morgan fingerprint density at radius 3 is 2.07 bits per heavy atom. The van der Waals surface area contributed by atoms with Gasteiger partial charge in [-0.05, 0) is 23.3 Å². The van der Waals surface area contributed by atoms with Crippen molar-refractivity contribution in [1.29, 1.82) is 0 Å². The summed E-state index contributed by atoms with van der Waals surface area (Å²) in [5, 5.41) is 2.68. The van der Waals surface area contributed by atoms with E-state index in [1.165, 1.54) is 16.3 Å². The molecule has 0 aliphatic rings. The minimum Gasteiger partial charge on any atom is -0.388 e. The summed E-state index contributed by atoms with van der Waals surface area (Å²) in [7, 11) is 3.25. The largest absolute Gasteiger partial charge is 0.388 e. The topological polar surface area (TPSA) is 9.23 Å². The van der Waals surface area contributed by atoms with Gasteiger partial charge in [-0.15, -0.1) is 0 Å². The highest BCUT2D eigenvalue weighted by molar-refractivity contribution is 5.85. The van der Waals surface area contributed by atoms with Gasteiger partial charge in [-0.2, -0.15) is 0 Å². The lowest BCUT2D eigenvalue weighted by atomic mass is 10.1. The molecule has 0 amide bonds. The Balaban J connectivity index is 0.000000293. The van der Waals surface area contributed by atoms with E-state index in [4.69, 9.17) is 0 Å². The molecule has 0 N–H and O–H groups in total. The van der Waals surface area contributed by atoms with Crippen molar-refractivity contribution in [2.75, 3.05) is 14.2 Å². The third kappa shape index (κ3) is 2.57. The molecule has 0 aliphatic carbocycles. The fraction of sp³-hybridized carbons (Fsp3) is 0.231. The molecule has 2 aromatic rings. The molecule has 0 atom stereocenters. The molecule has 0 spiro atoms. The van der Waals surface area contributed by atoms with E-state index in [0.717, 1.165) is 0 Å². The molecule has 0 fully saturated rings. The van der Waals surface area contributed by atoms with E-state index in [1.54, 1.807) is 14.2 Å². The maximum Gasteiger partial charge on any atom is 0.0351 e. The average Bonchev–Trinajstić information content (AvgIpc) is 2.20. The van der Waals surface area contributed by atoms with Crippen LogP contribution in [-0.2, 0) is 4.74 Å². The van der Waals surface area contributed by atoms with Crippen LogP contribution in [0.3, 0.4) is 0 Å². The first kappa shape index (κ1) is 10.7. The number of aryl methyl sites for hydroxylation is 1. The standard InChI is InChI=1S/C11H10.C2H6O/c1-9-5-4-7-10-6-2-3-8-11(9)10;1-3-2/h2-8H,1H3;1-2H3. The Labute approximate surface area is 85.3 Å². The molecule has 1 heteroatoms. The van der Waals surface area contributed by atoms with Crippen LogP contribution in [0.25, 0.3) is 10.8 Å². The van der Waals surface area contributed by atoms with Crippen LogP contribution in [0.5, 0.6) is 0 Å². The van der Waals surface area contributed by atoms with Gasteiger partial charge in [0.2, 0.25) is 0 Å². The zero-order valence-corrected chi connectivity index (χ0v) is 8.95. The molecular weight excluding hydrogens is 172 g/mol. The maximum absolute atomic E-state index is 4.25. The fourth-order valence-corrected chi connectivity index (χ4v) is 1.39. The highest BCUT2D eigenvalue weighted by atomic mass is 16.4. The molecule has 0 radical (unpaired) electrons. The molecule has 1 nitrogen and oxygen atoms in total. The zero-order chi connectivity index (χ0) is 10.4. The molecule has 2 rings (SSSR count). The van der Waals surface area contributed by atoms with Crippen molar-refractivity contribution in [2.24, 2.45) is 0 Å². The molecule has 0 saturated heterocycles. The predicted molar refractivity (Wildman–Crippen MR) is 61.6 cm³/mol. The van der Waals surface area contributed by atoms with Gasteiger partial charge in [0.05, 0.1) is 0 Å². The monoisotopic (exact) mass is 188 g/mol. The van der Waals surface area contributed by atoms with Gasteiger partial charge in [-0.1, -0.05) is 42.5 Å². The Kier molecular flexibility index (Phi) is 4.14. The first-order valence-electron chi connectivity index (χ1n) is 4.64. The van der Waals surface area contributed by atoms with E-state index in [-0.39, 0.29) is 0 Å². The van der Waals surface area contributed by atoms with Crippen molar-refractivity contribution in [3.05, 3.63) is 48.0 Å². The lowest BCUT2D eigenvalue weighted by molar-refractivity contribution is 0.277. The third-order valence-corrected chi connectivity index (χ3v) is 2.01. The first-order chi connectivity index (χ1) is 6.79. The number of benzene rings is 2. The van der Waals surface area contributed by atoms with E-state index in [0.29, 0.717) is 0 Å². The van der Waals surface area contributed by atoms with Gasteiger partial charge in [0.15, 0.2) is 0 Å². The lowest BCUT2D eigenvalue weighted by Gasteiger charge is -1.98. The molecule has 14 heavy (non-hydrogen) atoms. The Hall–Kier alpha value is -1.34. The normalized spacial score (nSPS) is 9.36. The van der Waals surface area contributed by atoms with Gasteiger partial charge >= 0.3 is 0 Å². The van der Waals surface area contributed by atoms with Crippen LogP contribution in [0.1, 0.15) is 5.56 Å². The Morgan fingerprint density at radius 2 is 1.43 bits per heavy atom. The molecule has 0 aromatic heterocycles. The minimum atomic E-state index is 1.33. The summed E-state index contributed by atoms with van der Waals surface area (Å²) in [6, 6.07) is 14.8. The van der Waals surface area contributed by atoms with Crippen LogP contribution >= 0.6 is 0 Å². The van der Waals surface area contributed by atoms with Gasteiger partial charge in [0.25, 0.3) is 0 Å². The van der Waals surface area contributed by atoms with Crippen molar-refractivity contribution in [3.63, 3.8) is 0 Å². The Morgan fingerprint density at radius 1 is 0.857 bits per heavy atom. The molecule has 0 heterocycles. The van der Waals surface area contributed by atoms with Crippen molar-refractivity contribution in [2.45, 2.75) is 6.92 Å². The second kappa shape index (κ2) is 5.40. The van der Waals surface area contributed by atoms with Crippen LogP contribution in [0, 0.1) is 6.92 Å². The van der Waals surface area contributed by atoms with E-state index in [9.17, 15) is 0 Å². The zero-order valence-electron chi connectivity index (χ0n) is 8.95. The van der Waals surface area contributed by atoms with Crippen LogP contribution in [0.2, 0.25) is 0 Å². The van der Waals surface area contributed by atoms with E-state index < -0.39 is 0 Å². The van der Waals surface area contributed by atoms with Gasteiger partial charge in [0, 0.05) is 14.2 Å². The number of hydrogen-bond acceptors (Lipinski definition) is 1. The van der Waals surface area contributed by atoms with Crippen molar-refractivity contribution >= 4 is 10.8 Å². The minimum absolute atomic E-state index is 1.33. The molecule has 74 valence electrons. The summed E-state index contributed by atoms with van der Waals surface area (Å²) < 4.78 is 4.25. The molecule has 0 unspecified atom stereocenters. The van der Waals surface area contributed by atoms with Gasteiger partial charge in [0.1, 0.15) is 0 Å². The fourth-order valence-electron chi connectivity index (χ4n) is 1.39. The third-order valence-electron chi connectivity index (χ3n) is 2.01. The molecule has 0 saturated carbocycles. The number of fused-ring (bicyclic) bond motifs is 1. The predicted octanol–water partition coefficient (Wildman–Crippen LogP) is 3.41. The summed E-state index contributed by atoms with van der Waals surface area (Å²) in [4.78, 5) is 0. The SMILES string of the molecule is COC.Cc1cccc2ccccc12. The number of ether oxygens (including phenoxy) is 1.